The molecule has 30 heavy (non-hydrogen) atoms. The van der Waals surface area contributed by atoms with Gasteiger partial charge in [-0.3, -0.25) is 4.79 Å². The summed E-state index contributed by atoms with van der Waals surface area (Å²) >= 11 is 0. The highest BCUT2D eigenvalue weighted by molar-refractivity contribution is 5.97. The summed E-state index contributed by atoms with van der Waals surface area (Å²) in [7, 11) is 0. The van der Waals surface area contributed by atoms with Gasteiger partial charge in [0.05, 0.1) is 35.5 Å². The fraction of sp³-hybridized carbons (Fsp3) is 0.190. The molecule has 152 valence electrons. The highest BCUT2D eigenvalue weighted by Gasteiger charge is 2.19. The molecule has 0 radical (unpaired) electrons. The molecule has 0 saturated heterocycles. The lowest BCUT2D eigenvalue weighted by molar-refractivity contribution is 0.0765. The second kappa shape index (κ2) is 8.64. The Morgan fingerprint density at radius 1 is 1.10 bits per heavy atom. The van der Waals surface area contributed by atoms with Gasteiger partial charge in [-0.25, -0.2) is 14.1 Å². The summed E-state index contributed by atoms with van der Waals surface area (Å²) in [6.45, 7) is 3.00. The molecule has 4 aromatic rings. The van der Waals surface area contributed by atoms with Gasteiger partial charge >= 0.3 is 0 Å². The van der Waals surface area contributed by atoms with Crippen LogP contribution in [0.25, 0.3) is 11.5 Å². The first-order valence-electron chi connectivity index (χ1n) is 9.57. The highest BCUT2D eigenvalue weighted by atomic mass is 19.1. The van der Waals surface area contributed by atoms with Gasteiger partial charge in [0.15, 0.2) is 5.82 Å². The van der Waals surface area contributed by atoms with Gasteiger partial charge < -0.3 is 4.90 Å². The van der Waals surface area contributed by atoms with Gasteiger partial charge in [-0.15, -0.1) is 0 Å². The number of pyridine rings is 1. The number of carbonyl (C=O) groups is 1. The number of nitrogens with zero attached hydrogens (tertiary/aromatic N) is 7. The average Bonchev–Trinajstić information content (AvgIpc) is 3.47. The fourth-order valence-corrected chi connectivity index (χ4v) is 3.12. The van der Waals surface area contributed by atoms with Gasteiger partial charge in [-0.2, -0.15) is 20.1 Å². The van der Waals surface area contributed by atoms with Gasteiger partial charge in [0.2, 0.25) is 0 Å². The molecule has 0 bridgehead atoms. The van der Waals surface area contributed by atoms with Crippen molar-refractivity contribution in [2.45, 2.75) is 13.3 Å². The van der Waals surface area contributed by atoms with Crippen molar-refractivity contribution < 1.29 is 9.18 Å². The number of hydrogen-bond acceptors (Lipinski definition) is 5. The van der Waals surface area contributed by atoms with E-state index in [0.29, 0.717) is 36.6 Å². The molecule has 3 aromatic heterocycles. The molecule has 0 atom stereocenters. The van der Waals surface area contributed by atoms with E-state index in [0.717, 1.165) is 11.9 Å². The van der Waals surface area contributed by atoms with Crippen LogP contribution in [-0.2, 0) is 6.42 Å². The molecule has 0 fully saturated rings. The van der Waals surface area contributed by atoms with Crippen LogP contribution in [0.3, 0.4) is 0 Å². The van der Waals surface area contributed by atoms with Crippen LogP contribution in [0.2, 0.25) is 0 Å². The Morgan fingerprint density at radius 2 is 1.90 bits per heavy atom. The zero-order chi connectivity index (χ0) is 20.9. The van der Waals surface area contributed by atoms with Crippen molar-refractivity contribution in [2.24, 2.45) is 0 Å². The minimum atomic E-state index is -0.395. The van der Waals surface area contributed by atoms with E-state index in [1.807, 2.05) is 31.2 Å². The summed E-state index contributed by atoms with van der Waals surface area (Å²) in [5.74, 6) is 0.0468. The third kappa shape index (κ3) is 4.09. The lowest BCUT2D eigenvalue weighted by Gasteiger charge is -2.21. The summed E-state index contributed by atoms with van der Waals surface area (Å²) in [4.78, 5) is 20.4. The molecule has 0 spiro atoms. The second-order valence-corrected chi connectivity index (χ2v) is 6.56. The Hall–Kier alpha value is -3.88. The van der Waals surface area contributed by atoms with E-state index >= 15 is 0 Å². The van der Waals surface area contributed by atoms with Gasteiger partial charge in [0.25, 0.3) is 5.91 Å². The number of benzene rings is 1. The molecular formula is C21H20FN7O. The van der Waals surface area contributed by atoms with Crippen LogP contribution in [0.1, 0.15) is 23.0 Å². The van der Waals surface area contributed by atoms with Crippen LogP contribution in [0, 0.1) is 5.82 Å². The van der Waals surface area contributed by atoms with Crippen LogP contribution >= 0.6 is 0 Å². The largest absolute Gasteiger partial charge is 0.338 e. The van der Waals surface area contributed by atoms with Crippen LogP contribution in [0.5, 0.6) is 0 Å². The SMILES string of the molecule is CCN(CCc1ccn(-c2ccc(F)cn2)n1)C(=O)c1ccccc1-n1nccn1. The van der Waals surface area contributed by atoms with Crippen LogP contribution in [-0.4, -0.2) is 53.7 Å². The van der Waals surface area contributed by atoms with Crippen molar-refractivity contribution in [3.8, 4) is 11.5 Å². The summed E-state index contributed by atoms with van der Waals surface area (Å²) in [6, 6.07) is 12.0. The fourth-order valence-electron chi connectivity index (χ4n) is 3.12. The number of aromatic nitrogens is 6. The lowest BCUT2D eigenvalue weighted by atomic mass is 10.1. The van der Waals surface area contributed by atoms with Crippen molar-refractivity contribution in [3.05, 3.63) is 84.3 Å². The minimum absolute atomic E-state index is 0.0926. The molecule has 0 saturated carbocycles. The van der Waals surface area contributed by atoms with Crippen molar-refractivity contribution in [1.82, 2.24) is 34.7 Å². The average molecular weight is 405 g/mol. The van der Waals surface area contributed by atoms with Crippen molar-refractivity contribution in [3.63, 3.8) is 0 Å². The highest BCUT2D eigenvalue weighted by Crippen LogP contribution is 2.15. The lowest BCUT2D eigenvalue weighted by Crippen LogP contribution is -2.33. The van der Waals surface area contributed by atoms with E-state index < -0.39 is 5.82 Å². The van der Waals surface area contributed by atoms with Crippen LogP contribution < -0.4 is 0 Å². The van der Waals surface area contributed by atoms with Gasteiger partial charge in [0, 0.05) is 25.7 Å². The number of para-hydroxylation sites is 1. The monoisotopic (exact) mass is 405 g/mol. The number of likely N-dealkylation sites (N-methyl/N-ethyl adjacent to an activating group) is 1. The van der Waals surface area contributed by atoms with Gasteiger partial charge in [0.1, 0.15) is 5.82 Å². The normalized spacial score (nSPS) is 10.9. The van der Waals surface area contributed by atoms with E-state index in [-0.39, 0.29) is 5.91 Å². The first-order valence-corrected chi connectivity index (χ1v) is 9.57. The summed E-state index contributed by atoms with van der Waals surface area (Å²) in [5.41, 5.74) is 1.99. The number of carbonyl (C=O) groups excluding carboxylic acids is 1. The molecule has 0 aliphatic heterocycles. The quantitative estimate of drug-likeness (QED) is 0.472. The molecule has 0 N–H and O–H groups in total. The zero-order valence-corrected chi connectivity index (χ0v) is 16.4. The Bertz CT molecular complexity index is 1120. The molecule has 1 amide bonds. The predicted octanol–water partition coefficient (Wildman–Crippen LogP) is 2.69. The molecule has 0 unspecified atom stereocenters. The first-order chi connectivity index (χ1) is 14.7. The van der Waals surface area contributed by atoms with E-state index in [1.54, 1.807) is 40.3 Å². The molecule has 0 aliphatic carbocycles. The third-order valence-corrected chi connectivity index (χ3v) is 4.67. The van der Waals surface area contributed by atoms with Crippen molar-refractivity contribution in [2.75, 3.05) is 13.1 Å². The molecule has 8 nitrogen and oxygen atoms in total. The van der Waals surface area contributed by atoms with E-state index in [1.165, 1.54) is 10.9 Å². The van der Waals surface area contributed by atoms with Crippen molar-refractivity contribution in [1.29, 1.82) is 0 Å². The third-order valence-electron chi connectivity index (χ3n) is 4.67. The Morgan fingerprint density at radius 3 is 2.63 bits per heavy atom. The maximum Gasteiger partial charge on any atom is 0.256 e. The summed E-state index contributed by atoms with van der Waals surface area (Å²) in [6.07, 6.45) is 6.65. The Kier molecular flexibility index (Phi) is 5.60. The number of hydrogen-bond donors (Lipinski definition) is 0. The standard InChI is InChI=1S/C21H20FN7O/c1-2-27(21(30)18-5-3-4-6-19(18)29-24-11-12-25-29)13-9-17-10-14-28(26-17)20-8-7-16(22)15-23-20/h3-8,10-12,14-15H,2,9,13H2,1H3. The molecule has 4 rings (SSSR count). The molecule has 3 heterocycles. The molecular weight excluding hydrogens is 385 g/mol. The second-order valence-electron chi connectivity index (χ2n) is 6.56. The zero-order valence-electron chi connectivity index (χ0n) is 16.4. The number of amides is 1. The van der Waals surface area contributed by atoms with E-state index in [2.05, 4.69) is 20.3 Å². The van der Waals surface area contributed by atoms with E-state index in [4.69, 9.17) is 0 Å². The summed E-state index contributed by atoms with van der Waals surface area (Å²) < 4.78 is 14.6. The Labute approximate surface area is 172 Å². The topological polar surface area (TPSA) is 81.7 Å². The number of halogens is 1. The number of rotatable bonds is 7. The molecule has 1 aromatic carbocycles. The minimum Gasteiger partial charge on any atom is -0.338 e. The summed E-state index contributed by atoms with van der Waals surface area (Å²) in [5, 5.41) is 12.8. The van der Waals surface area contributed by atoms with Crippen LogP contribution in [0.4, 0.5) is 4.39 Å². The molecule has 9 heteroatoms. The van der Waals surface area contributed by atoms with Gasteiger partial charge in [-0.05, 0) is 37.3 Å². The smallest absolute Gasteiger partial charge is 0.256 e. The maximum atomic E-state index is 13.2. The van der Waals surface area contributed by atoms with Crippen LogP contribution in [0.15, 0.2) is 67.3 Å². The van der Waals surface area contributed by atoms with E-state index in [9.17, 15) is 9.18 Å². The van der Waals surface area contributed by atoms with Gasteiger partial charge in [-0.1, -0.05) is 12.1 Å². The van der Waals surface area contributed by atoms with Crippen molar-refractivity contribution >= 4 is 5.91 Å². The molecule has 0 aliphatic rings. The first kappa shape index (κ1) is 19.4. The maximum absolute atomic E-state index is 13.2. The Balaban J connectivity index is 1.47. The predicted molar refractivity (Wildman–Crippen MR) is 108 cm³/mol.